The molecule has 2 aliphatic rings. The summed E-state index contributed by atoms with van der Waals surface area (Å²) in [5.41, 5.74) is 14.0. The highest BCUT2D eigenvalue weighted by Gasteiger charge is 2.32. The van der Waals surface area contributed by atoms with Crippen LogP contribution in [0, 0.1) is 9.28 Å². The van der Waals surface area contributed by atoms with Gasteiger partial charge in [0.25, 0.3) is 0 Å². The fraction of sp³-hybridized carbons (Fsp3) is 0.500. The molecule has 2 aliphatic heterocycles. The SMILES string of the molecule is Nc1nc(=S)c2ncn([C@H]3CC[C@@H](COP(O)(=S)OC[C@@H]4CC[C@H](n5cnc6c(=S)nc(N)[nH]c65)O4)O3)c2[nH]1. The first-order valence-electron chi connectivity index (χ1n) is 12.0. The van der Waals surface area contributed by atoms with E-state index in [0.29, 0.717) is 57.3 Å². The zero-order valence-electron chi connectivity index (χ0n) is 20.3. The van der Waals surface area contributed by atoms with Crippen molar-refractivity contribution < 1.29 is 23.4 Å². The zero-order chi connectivity index (χ0) is 27.3. The summed E-state index contributed by atoms with van der Waals surface area (Å²) in [5, 5.41) is 0. The molecule has 2 fully saturated rings. The monoisotopic (exact) mass is 612 g/mol. The van der Waals surface area contributed by atoms with Crippen LogP contribution in [0.2, 0.25) is 0 Å². The third-order valence-electron chi connectivity index (χ3n) is 6.57. The Morgan fingerprint density at radius 3 is 1.74 bits per heavy atom. The van der Waals surface area contributed by atoms with Gasteiger partial charge >= 0.3 is 6.72 Å². The lowest BCUT2D eigenvalue weighted by atomic mass is 10.2. The van der Waals surface area contributed by atoms with E-state index in [1.807, 2.05) is 9.13 Å². The smallest absolute Gasteiger partial charge is 0.324 e. The van der Waals surface area contributed by atoms with E-state index < -0.39 is 6.72 Å². The van der Waals surface area contributed by atoms with Crippen LogP contribution in [0.1, 0.15) is 38.1 Å². The Kier molecular flexibility index (Phi) is 7.23. The Balaban J connectivity index is 1.01. The first kappa shape index (κ1) is 26.8. The van der Waals surface area contributed by atoms with E-state index in [-0.39, 0.29) is 49.8 Å². The third-order valence-corrected chi connectivity index (χ3v) is 8.72. The van der Waals surface area contributed by atoms with Crippen molar-refractivity contribution in [2.45, 2.75) is 50.3 Å². The second-order valence-corrected chi connectivity index (χ2v) is 12.8. The van der Waals surface area contributed by atoms with Crippen LogP contribution in [0.25, 0.3) is 22.3 Å². The number of ether oxygens (including phenoxy) is 2. The van der Waals surface area contributed by atoms with Crippen molar-refractivity contribution >= 4 is 77.2 Å². The number of nitrogens with two attached hydrogens (primary N) is 2. The lowest BCUT2D eigenvalue weighted by Gasteiger charge is -2.21. The van der Waals surface area contributed by atoms with Crippen LogP contribution in [-0.4, -0.2) is 69.4 Å². The molecule has 39 heavy (non-hydrogen) atoms. The number of H-pyrrole nitrogens is 2. The van der Waals surface area contributed by atoms with Gasteiger partial charge in [-0.1, -0.05) is 24.4 Å². The van der Waals surface area contributed by atoms with E-state index in [1.54, 1.807) is 12.7 Å². The maximum Gasteiger partial charge on any atom is 0.324 e. The van der Waals surface area contributed by atoms with Crippen LogP contribution in [0.5, 0.6) is 0 Å². The van der Waals surface area contributed by atoms with Crippen LogP contribution in [-0.2, 0) is 30.3 Å². The molecule has 0 spiro atoms. The summed E-state index contributed by atoms with van der Waals surface area (Å²) in [6.45, 7) is -3.35. The molecule has 0 unspecified atom stereocenters. The lowest BCUT2D eigenvalue weighted by molar-refractivity contribution is -0.0290. The summed E-state index contributed by atoms with van der Waals surface area (Å²) in [7, 11) is 0. The summed E-state index contributed by atoms with van der Waals surface area (Å²) in [4.78, 5) is 33.2. The average Bonchev–Trinajstić information content (AvgIpc) is 3.66. The number of anilines is 2. The van der Waals surface area contributed by atoms with Gasteiger partial charge < -0.3 is 44.8 Å². The van der Waals surface area contributed by atoms with Gasteiger partial charge in [-0.2, -0.15) is 0 Å². The quantitative estimate of drug-likeness (QED) is 0.144. The van der Waals surface area contributed by atoms with Crippen LogP contribution in [0.3, 0.4) is 0 Å². The molecule has 7 N–H and O–H groups in total. The topological polar surface area (TPSA) is 202 Å². The van der Waals surface area contributed by atoms with E-state index in [9.17, 15) is 4.89 Å². The summed E-state index contributed by atoms with van der Waals surface area (Å²) in [5.74, 6) is 0.402. The minimum atomic E-state index is -3.52. The number of imidazole rings is 2. The van der Waals surface area contributed by atoms with Gasteiger partial charge in [0.05, 0.1) is 38.1 Å². The summed E-state index contributed by atoms with van der Waals surface area (Å²) < 4.78 is 27.7. The predicted molar refractivity (Wildman–Crippen MR) is 149 cm³/mol. The average molecular weight is 613 g/mol. The minimum Gasteiger partial charge on any atom is -0.369 e. The highest BCUT2D eigenvalue weighted by molar-refractivity contribution is 8.07. The molecule has 0 amide bonds. The highest BCUT2D eigenvalue weighted by atomic mass is 32.5. The second kappa shape index (κ2) is 10.5. The molecule has 6 heterocycles. The van der Waals surface area contributed by atoms with E-state index in [2.05, 4.69) is 29.9 Å². The van der Waals surface area contributed by atoms with Crippen molar-refractivity contribution in [1.29, 1.82) is 0 Å². The number of rotatable bonds is 8. The Labute approximate surface area is 236 Å². The van der Waals surface area contributed by atoms with Gasteiger partial charge in [0.2, 0.25) is 0 Å². The number of hydrogen-bond donors (Lipinski definition) is 5. The van der Waals surface area contributed by atoms with Crippen molar-refractivity contribution in [3.05, 3.63) is 21.9 Å². The molecule has 4 aromatic heterocycles. The van der Waals surface area contributed by atoms with Crippen molar-refractivity contribution in [2.24, 2.45) is 0 Å². The molecule has 0 saturated carbocycles. The van der Waals surface area contributed by atoms with Gasteiger partial charge in [0.15, 0.2) is 21.2 Å². The second-order valence-electron chi connectivity index (χ2n) is 9.19. The van der Waals surface area contributed by atoms with E-state index in [0.717, 1.165) is 0 Å². The largest absolute Gasteiger partial charge is 0.369 e. The van der Waals surface area contributed by atoms with Crippen LogP contribution < -0.4 is 11.5 Å². The van der Waals surface area contributed by atoms with Gasteiger partial charge in [-0.25, -0.2) is 19.9 Å². The van der Waals surface area contributed by atoms with Gasteiger partial charge in [-0.15, -0.1) is 0 Å². The van der Waals surface area contributed by atoms with E-state index in [1.165, 1.54) is 0 Å². The first-order chi connectivity index (χ1) is 18.7. The fourth-order valence-electron chi connectivity index (χ4n) is 4.76. The standard InChI is InChI=1S/C20H25N10O5PS3/c21-19-25-15-13(17(37)27-19)23-7-29(15)11-3-1-9(34-11)5-32-36(31,39)33-6-10-2-4-12(35-10)30-8-24-14-16(30)26-20(22)28-18(14)38/h7-12H,1-6H2,(H,31,39)(H3,21,25,27,37)(H3,22,26,28,38)/t9-,10-,11+,12+/m0/s1. The molecule has 0 aromatic carbocycles. The highest BCUT2D eigenvalue weighted by Crippen LogP contribution is 2.46. The Morgan fingerprint density at radius 2 is 1.31 bits per heavy atom. The van der Waals surface area contributed by atoms with Gasteiger partial charge in [0.1, 0.15) is 34.8 Å². The molecule has 2 saturated heterocycles. The predicted octanol–water partition coefficient (Wildman–Crippen LogP) is 2.76. The zero-order valence-corrected chi connectivity index (χ0v) is 23.6. The van der Waals surface area contributed by atoms with Crippen molar-refractivity contribution in [2.75, 3.05) is 24.7 Å². The van der Waals surface area contributed by atoms with Crippen LogP contribution in [0.4, 0.5) is 11.9 Å². The number of aromatic amines is 2. The van der Waals surface area contributed by atoms with E-state index in [4.69, 9.17) is 66.2 Å². The van der Waals surface area contributed by atoms with Crippen molar-refractivity contribution in [1.82, 2.24) is 39.0 Å². The molecule has 15 nitrogen and oxygen atoms in total. The molecule has 208 valence electrons. The van der Waals surface area contributed by atoms with E-state index >= 15 is 0 Å². The fourth-order valence-corrected chi connectivity index (χ4v) is 6.41. The minimum absolute atomic E-state index is 0.0838. The molecule has 0 radical (unpaired) electrons. The first-order valence-corrected chi connectivity index (χ1v) is 15.4. The number of nitrogens with one attached hydrogen (secondary N) is 2. The van der Waals surface area contributed by atoms with Gasteiger partial charge in [-0.05, 0) is 37.5 Å². The lowest BCUT2D eigenvalue weighted by Crippen LogP contribution is -2.19. The van der Waals surface area contributed by atoms with Crippen LogP contribution >= 0.6 is 31.2 Å². The third kappa shape index (κ3) is 5.48. The number of hydrogen-bond acceptors (Lipinski definition) is 13. The maximum absolute atomic E-state index is 10.6. The van der Waals surface area contributed by atoms with Gasteiger partial charge in [0, 0.05) is 0 Å². The Morgan fingerprint density at radius 1 is 0.872 bits per heavy atom. The van der Waals surface area contributed by atoms with Gasteiger partial charge in [-0.3, -0.25) is 9.13 Å². The molecule has 4 atom stereocenters. The molecule has 0 aliphatic carbocycles. The molecule has 4 aromatic rings. The summed E-state index contributed by atoms with van der Waals surface area (Å²) in [6.07, 6.45) is 4.84. The molecule has 6 rings (SSSR count). The normalized spacial score (nSPS) is 23.8. The molecule has 19 heteroatoms. The molecular formula is C20H25N10O5PS3. The number of nitrogen functional groups attached to an aromatic ring is 2. The number of aromatic nitrogens is 8. The summed E-state index contributed by atoms with van der Waals surface area (Å²) in [6, 6.07) is 0. The number of nitrogens with zero attached hydrogens (tertiary/aromatic N) is 6. The van der Waals surface area contributed by atoms with Crippen molar-refractivity contribution in [3.8, 4) is 0 Å². The Hall–Kier alpha value is -2.41. The summed E-state index contributed by atoms with van der Waals surface area (Å²) >= 11 is 15.7. The van der Waals surface area contributed by atoms with Crippen LogP contribution in [0.15, 0.2) is 12.7 Å². The number of fused-ring (bicyclic) bond motifs is 2. The van der Waals surface area contributed by atoms with Crippen molar-refractivity contribution in [3.63, 3.8) is 0 Å². The molecule has 0 bridgehead atoms. The Bertz CT molecular complexity index is 1580. The molecular weight excluding hydrogens is 587 g/mol. The maximum atomic E-state index is 10.6.